The lowest BCUT2D eigenvalue weighted by atomic mass is 9.95. The molecule has 2 heterocycles. The van der Waals surface area contributed by atoms with Crippen LogP contribution in [0.4, 0.5) is 5.69 Å². The second-order valence-electron chi connectivity index (χ2n) is 7.83. The molecule has 4 rings (SSSR count). The SMILES string of the molecule is C[C@H](NC(=O)c1ccccc1Cl)C(=O)N1CCC(C(=O)Nc2ccc3c(c2)OCO3)CC1. The average Bonchev–Trinajstić information content (AvgIpc) is 3.26. The van der Waals surface area contributed by atoms with Gasteiger partial charge in [-0.1, -0.05) is 23.7 Å². The van der Waals surface area contributed by atoms with E-state index in [1.165, 1.54) is 0 Å². The zero-order valence-electron chi connectivity index (χ0n) is 17.6. The number of fused-ring (bicyclic) bond motifs is 1. The minimum atomic E-state index is -0.696. The van der Waals surface area contributed by atoms with Crippen molar-refractivity contribution in [3.05, 3.63) is 53.1 Å². The van der Waals surface area contributed by atoms with E-state index in [0.29, 0.717) is 53.7 Å². The number of hydrogen-bond donors (Lipinski definition) is 2. The Balaban J connectivity index is 1.27. The minimum absolute atomic E-state index is 0.0870. The van der Waals surface area contributed by atoms with Crippen LogP contribution >= 0.6 is 11.6 Å². The molecule has 0 spiro atoms. The lowest BCUT2D eigenvalue weighted by Crippen LogP contribution is -2.50. The third-order valence-corrected chi connectivity index (χ3v) is 5.98. The molecule has 0 radical (unpaired) electrons. The van der Waals surface area contributed by atoms with Gasteiger partial charge in [-0.05, 0) is 44.0 Å². The van der Waals surface area contributed by atoms with Crippen LogP contribution in [-0.2, 0) is 9.59 Å². The van der Waals surface area contributed by atoms with Gasteiger partial charge in [0.05, 0.1) is 10.6 Å². The highest BCUT2D eigenvalue weighted by molar-refractivity contribution is 6.33. The van der Waals surface area contributed by atoms with E-state index in [-0.39, 0.29) is 24.5 Å². The molecule has 32 heavy (non-hydrogen) atoms. The molecule has 2 aromatic carbocycles. The Morgan fingerprint density at radius 3 is 2.53 bits per heavy atom. The second-order valence-corrected chi connectivity index (χ2v) is 8.24. The fourth-order valence-electron chi connectivity index (χ4n) is 3.84. The van der Waals surface area contributed by atoms with E-state index in [0.717, 1.165) is 0 Å². The minimum Gasteiger partial charge on any atom is -0.454 e. The van der Waals surface area contributed by atoms with Crippen LogP contribution in [0.2, 0.25) is 5.02 Å². The number of amides is 3. The van der Waals surface area contributed by atoms with Crippen LogP contribution in [-0.4, -0.2) is 48.5 Å². The molecule has 168 valence electrons. The van der Waals surface area contributed by atoms with Crippen LogP contribution in [0.25, 0.3) is 0 Å². The largest absolute Gasteiger partial charge is 0.454 e. The summed E-state index contributed by atoms with van der Waals surface area (Å²) in [7, 11) is 0. The topological polar surface area (TPSA) is 97.0 Å². The molecule has 0 unspecified atom stereocenters. The molecule has 2 aliphatic rings. The Morgan fingerprint density at radius 2 is 1.78 bits per heavy atom. The van der Waals surface area contributed by atoms with Crippen LogP contribution in [0, 0.1) is 5.92 Å². The molecular formula is C23H24ClN3O5. The highest BCUT2D eigenvalue weighted by Crippen LogP contribution is 2.34. The third-order valence-electron chi connectivity index (χ3n) is 5.65. The summed E-state index contributed by atoms with van der Waals surface area (Å²) in [4.78, 5) is 39.5. The molecule has 0 saturated carbocycles. The average molecular weight is 458 g/mol. The molecule has 0 bridgehead atoms. The van der Waals surface area contributed by atoms with Crippen LogP contribution in [0.3, 0.4) is 0 Å². The maximum Gasteiger partial charge on any atom is 0.253 e. The van der Waals surface area contributed by atoms with Gasteiger partial charge in [0.25, 0.3) is 5.91 Å². The van der Waals surface area contributed by atoms with E-state index >= 15 is 0 Å². The number of likely N-dealkylation sites (tertiary alicyclic amines) is 1. The first-order chi connectivity index (χ1) is 15.4. The first-order valence-corrected chi connectivity index (χ1v) is 10.8. The maximum absolute atomic E-state index is 12.8. The number of halogens is 1. The molecule has 0 aromatic heterocycles. The van der Waals surface area contributed by atoms with Crippen molar-refractivity contribution in [1.82, 2.24) is 10.2 Å². The zero-order chi connectivity index (χ0) is 22.7. The predicted octanol–water partition coefficient (Wildman–Crippen LogP) is 3.06. The molecule has 3 amide bonds. The fraction of sp³-hybridized carbons (Fsp3) is 0.348. The summed E-state index contributed by atoms with van der Waals surface area (Å²) in [5, 5.41) is 5.95. The molecule has 1 saturated heterocycles. The van der Waals surface area contributed by atoms with Gasteiger partial charge >= 0.3 is 0 Å². The van der Waals surface area contributed by atoms with Crippen LogP contribution in [0.1, 0.15) is 30.1 Å². The predicted molar refractivity (Wildman–Crippen MR) is 119 cm³/mol. The van der Waals surface area contributed by atoms with E-state index < -0.39 is 11.9 Å². The van der Waals surface area contributed by atoms with Gasteiger partial charge in [0, 0.05) is 30.8 Å². The number of nitrogens with zero attached hydrogens (tertiary/aromatic N) is 1. The van der Waals surface area contributed by atoms with Crippen molar-refractivity contribution in [3.63, 3.8) is 0 Å². The summed E-state index contributed by atoms with van der Waals surface area (Å²) in [5.74, 6) is 0.407. The van der Waals surface area contributed by atoms with Gasteiger partial charge in [-0.3, -0.25) is 14.4 Å². The van der Waals surface area contributed by atoms with Gasteiger partial charge in [-0.25, -0.2) is 0 Å². The number of anilines is 1. The molecule has 2 aliphatic heterocycles. The summed E-state index contributed by atoms with van der Waals surface area (Å²) in [5.41, 5.74) is 0.973. The highest BCUT2D eigenvalue weighted by atomic mass is 35.5. The number of ether oxygens (including phenoxy) is 2. The van der Waals surface area contributed by atoms with Crippen molar-refractivity contribution in [2.24, 2.45) is 5.92 Å². The Bertz CT molecular complexity index is 1040. The summed E-state index contributed by atoms with van der Waals surface area (Å²) < 4.78 is 10.6. The van der Waals surface area contributed by atoms with Gasteiger partial charge in [0.2, 0.25) is 18.6 Å². The second kappa shape index (κ2) is 9.48. The fourth-order valence-corrected chi connectivity index (χ4v) is 4.06. The van der Waals surface area contributed by atoms with Gasteiger partial charge < -0.3 is 25.0 Å². The maximum atomic E-state index is 12.8. The molecular weight excluding hydrogens is 434 g/mol. The summed E-state index contributed by atoms with van der Waals surface area (Å²) in [6.45, 7) is 2.72. The normalized spacial score (nSPS) is 16.4. The van der Waals surface area contributed by atoms with Crippen LogP contribution in [0.5, 0.6) is 11.5 Å². The lowest BCUT2D eigenvalue weighted by molar-refractivity contribution is -0.135. The smallest absolute Gasteiger partial charge is 0.253 e. The quantitative estimate of drug-likeness (QED) is 0.719. The number of carbonyl (C=O) groups is 3. The lowest BCUT2D eigenvalue weighted by Gasteiger charge is -2.33. The van der Waals surface area contributed by atoms with E-state index in [2.05, 4.69) is 10.6 Å². The molecule has 0 aliphatic carbocycles. The van der Waals surface area contributed by atoms with Crippen molar-refractivity contribution in [2.75, 3.05) is 25.2 Å². The Hall–Kier alpha value is -3.26. The first kappa shape index (κ1) is 22.0. The van der Waals surface area contributed by atoms with Crippen LogP contribution in [0.15, 0.2) is 42.5 Å². The van der Waals surface area contributed by atoms with Crippen LogP contribution < -0.4 is 20.1 Å². The summed E-state index contributed by atoms with van der Waals surface area (Å²) >= 11 is 6.05. The van der Waals surface area contributed by atoms with Gasteiger partial charge in [-0.2, -0.15) is 0 Å². The van der Waals surface area contributed by atoms with E-state index in [9.17, 15) is 14.4 Å². The third kappa shape index (κ3) is 4.80. The molecule has 8 nitrogen and oxygen atoms in total. The Morgan fingerprint density at radius 1 is 1.06 bits per heavy atom. The number of carbonyl (C=O) groups excluding carboxylic acids is 3. The van der Waals surface area contributed by atoms with Crippen molar-refractivity contribution < 1.29 is 23.9 Å². The Kier molecular flexibility index (Phi) is 6.50. The molecule has 9 heteroatoms. The molecule has 2 aromatic rings. The monoisotopic (exact) mass is 457 g/mol. The summed E-state index contributed by atoms with van der Waals surface area (Å²) in [6.07, 6.45) is 1.10. The van der Waals surface area contributed by atoms with Crippen molar-refractivity contribution in [3.8, 4) is 11.5 Å². The zero-order valence-corrected chi connectivity index (χ0v) is 18.4. The van der Waals surface area contributed by atoms with Crippen molar-refractivity contribution >= 4 is 35.0 Å². The first-order valence-electron chi connectivity index (χ1n) is 10.5. The number of benzene rings is 2. The van der Waals surface area contributed by atoms with Gasteiger partial charge in [0.15, 0.2) is 11.5 Å². The number of rotatable bonds is 5. The van der Waals surface area contributed by atoms with E-state index in [4.69, 9.17) is 21.1 Å². The van der Waals surface area contributed by atoms with E-state index in [1.807, 2.05) is 0 Å². The highest BCUT2D eigenvalue weighted by Gasteiger charge is 2.30. The van der Waals surface area contributed by atoms with Crippen molar-refractivity contribution in [2.45, 2.75) is 25.8 Å². The number of nitrogens with one attached hydrogen (secondary N) is 2. The summed E-state index contributed by atoms with van der Waals surface area (Å²) in [6, 6.07) is 11.3. The van der Waals surface area contributed by atoms with Gasteiger partial charge in [0.1, 0.15) is 6.04 Å². The van der Waals surface area contributed by atoms with E-state index in [1.54, 1.807) is 54.3 Å². The molecule has 1 fully saturated rings. The molecule has 2 N–H and O–H groups in total. The van der Waals surface area contributed by atoms with Gasteiger partial charge in [-0.15, -0.1) is 0 Å². The number of piperidine rings is 1. The number of hydrogen-bond acceptors (Lipinski definition) is 5. The molecule has 1 atom stereocenters. The standard InChI is InChI=1S/C23H24ClN3O5/c1-14(25-22(29)17-4-2-3-5-18(17)24)23(30)27-10-8-15(9-11-27)21(28)26-16-6-7-19-20(12-16)32-13-31-19/h2-7,12,14-15H,8-11,13H2,1H3,(H,25,29)(H,26,28)/t14-/m0/s1. The van der Waals surface area contributed by atoms with Crippen molar-refractivity contribution in [1.29, 1.82) is 0 Å². The Labute approximate surface area is 190 Å².